The number of nitrogens with zero attached hydrogens (tertiary/aromatic N) is 1. The Morgan fingerprint density at radius 3 is 2.35 bits per heavy atom. The lowest BCUT2D eigenvalue weighted by atomic mass is 9.71. The quantitative estimate of drug-likeness (QED) is 0.614. The lowest BCUT2D eigenvalue weighted by Crippen LogP contribution is -2.63. The van der Waals surface area contributed by atoms with Crippen LogP contribution in [0.25, 0.3) is 0 Å². The Bertz CT molecular complexity index is 305. The topological polar surface area (TPSA) is 41.3 Å². The number of nitrogens with one attached hydrogen (secondary N) is 1. The number of hydrogen-bond acceptors (Lipinski definition) is 3. The molecule has 0 bridgehead atoms. The standard InChI is InChI=1S/C17H33N3/c1-14-7-6-8-15(13-14)16(19-18)17(9-2-3-10-17)20-11-4-5-12-20/h14-16,19H,2-13,18H2,1H3. The third-order valence-corrected chi connectivity index (χ3v) is 6.41. The fraction of sp³-hybridized carbons (Fsp3) is 1.00. The first-order valence-electron chi connectivity index (χ1n) is 8.97. The fourth-order valence-corrected chi connectivity index (χ4v) is 5.49. The van der Waals surface area contributed by atoms with Crippen molar-refractivity contribution < 1.29 is 0 Å². The van der Waals surface area contributed by atoms with E-state index in [0.717, 1.165) is 11.8 Å². The molecule has 0 aromatic heterocycles. The molecule has 0 radical (unpaired) electrons. The Kier molecular flexibility index (Phi) is 4.68. The van der Waals surface area contributed by atoms with Crippen LogP contribution in [0.3, 0.4) is 0 Å². The van der Waals surface area contributed by atoms with Crippen LogP contribution < -0.4 is 11.3 Å². The van der Waals surface area contributed by atoms with Gasteiger partial charge in [-0.15, -0.1) is 0 Å². The molecule has 0 amide bonds. The van der Waals surface area contributed by atoms with Crippen molar-refractivity contribution in [1.82, 2.24) is 10.3 Å². The molecule has 3 heteroatoms. The van der Waals surface area contributed by atoms with Crippen LogP contribution in [-0.2, 0) is 0 Å². The number of hydrogen-bond donors (Lipinski definition) is 2. The van der Waals surface area contributed by atoms with Crippen LogP contribution in [0.15, 0.2) is 0 Å². The van der Waals surface area contributed by atoms with E-state index < -0.39 is 0 Å². The van der Waals surface area contributed by atoms with Crippen molar-refractivity contribution in [1.29, 1.82) is 0 Å². The van der Waals surface area contributed by atoms with Crippen LogP contribution >= 0.6 is 0 Å². The second kappa shape index (κ2) is 6.33. The van der Waals surface area contributed by atoms with Gasteiger partial charge in [-0.25, -0.2) is 0 Å². The van der Waals surface area contributed by atoms with Crippen LogP contribution in [0, 0.1) is 11.8 Å². The summed E-state index contributed by atoms with van der Waals surface area (Å²) < 4.78 is 0. The van der Waals surface area contributed by atoms with Gasteiger partial charge < -0.3 is 0 Å². The molecule has 1 saturated heterocycles. The molecule has 3 fully saturated rings. The predicted molar refractivity (Wildman–Crippen MR) is 84.2 cm³/mol. The number of likely N-dealkylation sites (tertiary alicyclic amines) is 1. The average Bonchev–Trinajstić information content (AvgIpc) is 3.11. The fourth-order valence-electron chi connectivity index (χ4n) is 5.49. The summed E-state index contributed by atoms with van der Waals surface area (Å²) >= 11 is 0. The van der Waals surface area contributed by atoms with Crippen molar-refractivity contribution >= 4 is 0 Å². The Morgan fingerprint density at radius 2 is 1.75 bits per heavy atom. The third-order valence-electron chi connectivity index (χ3n) is 6.41. The first-order chi connectivity index (χ1) is 9.76. The molecule has 3 unspecified atom stereocenters. The van der Waals surface area contributed by atoms with E-state index >= 15 is 0 Å². The second-order valence-corrected chi connectivity index (χ2v) is 7.68. The molecule has 3 aliphatic rings. The lowest BCUT2D eigenvalue weighted by molar-refractivity contribution is 0.0350. The zero-order valence-corrected chi connectivity index (χ0v) is 13.2. The molecule has 3 atom stereocenters. The number of hydrazine groups is 1. The summed E-state index contributed by atoms with van der Waals surface area (Å²) in [6.45, 7) is 5.04. The normalized spacial score (nSPS) is 36.3. The first kappa shape index (κ1) is 14.8. The monoisotopic (exact) mass is 279 g/mol. The summed E-state index contributed by atoms with van der Waals surface area (Å²) in [4.78, 5) is 2.81. The van der Waals surface area contributed by atoms with Crippen molar-refractivity contribution in [3.8, 4) is 0 Å². The molecule has 0 aromatic carbocycles. The predicted octanol–water partition coefficient (Wildman–Crippen LogP) is 3.05. The summed E-state index contributed by atoms with van der Waals surface area (Å²) in [6.07, 6.45) is 13.9. The Hall–Kier alpha value is -0.120. The highest BCUT2D eigenvalue weighted by Crippen LogP contribution is 2.45. The average molecular weight is 279 g/mol. The van der Waals surface area contributed by atoms with Crippen molar-refractivity contribution in [2.24, 2.45) is 17.7 Å². The molecular formula is C17H33N3. The molecule has 2 aliphatic carbocycles. The Morgan fingerprint density at radius 1 is 1.05 bits per heavy atom. The minimum Gasteiger partial charge on any atom is -0.296 e. The maximum Gasteiger partial charge on any atom is 0.0423 e. The van der Waals surface area contributed by atoms with Gasteiger partial charge in [-0.3, -0.25) is 16.2 Å². The molecule has 1 aliphatic heterocycles. The highest BCUT2D eigenvalue weighted by Gasteiger charge is 2.49. The number of nitrogens with two attached hydrogens (primary N) is 1. The molecule has 1 heterocycles. The summed E-state index contributed by atoms with van der Waals surface area (Å²) in [5, 5.41) is 0. The van der Waals surface area contributed by atoms with Crippen molar-refractivity contribution in [3.63, 3.8) is 0 Å². The smallest absolute Gasteiger partial charge is 0.0423 e. The molecule has 116 valence electrons. The second-order valence-electron chi connectivity index (χ2n) is 7.68. The van der Waals surface area contributed by atoms with Gasteiger partial charge >= 0.3 is 0 Å². The van der Waals surface area contributed by atoms with E-state index in [-0.39, 0.29) is 0 Å². The molecule has 3 N–H and O–H groups in total. The van der Waals surface area contributed by atoms with E-state index in [9.17, 15) is 0 Å². The van der Waals surface area contributed by atoms with Gasteiger partial charge in [0.1, 0.15) is 0 Å². The SMILES string of the molecule is CC1CCCC(C(NN)C2(N3CCCC3)CCCC2)C1. The van der Waals surface area contributed by atoms with Crippen molar-refractivity contribution in [2.45, 2.75) is 82.7 Å². The van der Waals surface area contributed by atoms with Gasteiger partial charge in [0.15, 0.2) is 0 Å². The summed E-state index contributed by atoms with van der Waals surface area (Å²) in [5.74, 6) is 7.79. The van der Waals surface area contributed by atoms with Crippen LogP contribution in [0.4, 0.5) is 0 Å². The lowest BCUT2D eigenvalue weighted by Gasteiger charge is -2.49. The molecule has 2 saturated carbocycles. The van der Waals surface area contributed by atoms with E-state index in [0.29, 0.717) is 11.6 Å². The zero-order valence-electron chi connectivity index (χ0n) is 13.2. The summed E-state index contributed by atoms with van der Waals surface area (Å²) in [5.41, 5.74) is 3.69. The van der Waals surface area contributed by atoms with Gasteiger partial charge in [-0.1, -0.05) is 32.6 Å². The molecule has 3 nitrogen and oxygen atoms in total. The largest absolute Gasteiger partial charge is 0.296 e. The van der Waals surface area contributed by atoms with Crippen molar-refractivity contribution in [3.05, 3.63) is 0 Å². The van der Waals surface area contributed by atoms with E-state index in [2.05, 4.69) is 17.2 Å². The zero-order chi connectivity index (χ0) is 14.0. The molecule has 0 aromatic rings. The van der Waals surface area contributed by atoms with Crippen LogP contribution in [0.5, 0.6) is 0 Å². The molecule has 20 heavy (non-hydrogen) atoms. The van der Waals surface area contributed by atoms with Gasteiger partial charge in [-0.05, 0) is 63.5 Å². The van der Waals surface area contributed by atoms with E-state index in [4.69, 9.17) is 5.84 Å². The Labute approximate surface area is 124 Å². The van der Waals surface area contributed by atoms with Gasteiger partial charge in [0, 0.05) is 11.6 Å². The molecular weight excluding hydrogens is 246 g/mol. The molecule has 0 spiro atoms. The van der Waals surface area contributed by atoms with Crippen LogP contribution in [0.1, 0.15) is 71.1 Å². The van der Waals surface area contributed by atoms with Gasteiger partial charge in [-0.2, -0.15) is 0 Å². The maximum atomic E-state index is 6.11. The van der Waals surface area contributed by atoms with Crippen LogP contribution in [0.2, 0.25) is 0 Å². The maximum absolute atomic E-state index is 6.11. The minimum atomic E-state index is 0.382. The van der Waals surface area contributed by atoms with E-state index in [1.54, 1.807) is 0 Å². The van der Waals surface area contributed by atoms with E-state index in [1.165, 1.54) is 77.3 Å². The molecule has 3 rings (SSSR count). The summed E-state index contributed by atoms with van der Waals surface area (Å²) in [6, 6.07) is 0.519. The minimum absolute atomic E-state index is 0.382. The van der Waals surface area contributed by atoms with Gasteiger partial charge in [0.25, 0.3) is 0 Å². The van der Waals surface area contributed by atoms with Gasteiger partial charge in [0.05, 0.1) is 0 Å². The Balaban J connectivity index is 1.80. The van der Waals surface area contributed by atoms with Crippen LogP contribution in [-0.4, -0.2) is 29.6 Å². The highest BCUT2D eigenvalue weighted by atomic mass is 15.3. The number of rotatable bonds is 4. The highest BCUT2D eigenvalue weighted by molar-refractivity contribution is 5.06. The summed E-state index contributed by atoms with van der Waals surface area (Å²) in [7, 11) is 0. The van der Waals surface area contributed by atoms with Crippen molar-refractivity contribution in [2.75, 3.05) is 13.1 Å². The van der Waals surface area contributed by atoms with E-state index in [1.807, 2.05) is 0 Å². The van der Waals surface area contributed by atoms with Gasteiger partial charge in [0.2, 0.25) is 0 Å². The third kappa shape index (κ3) is 2.65. The first-order valence-corrected chi connectivity index (χ1v) is 8.97.